The van der Waals surface area contributed by atoms with Crippen LogP contribution in [0.15, 0.2) is 0 Å². The maximum atomic E-state index is 12.3. The molecule has 0 aliphatic heterocycles. The molecule has 0 aliphatic rings. The van der Waals surface area contributed by atoms with Gasteiger partial charge in [0.1, 0.15) is 11.4 Å². The zero-order valence-electron chi connectivity index (χ0n) is 13.5. The molecule has 0 saturated heterocycles. The van der Waals surface area contributed by atoms with Gasteiger partial charge in [0.05, 0.1) is 17.4 Å². The monoisotopic (exact) mass is 323 g/mol. The van der Waals surface area contributed by atoms with E-state index in [-0.39, 0.29) is 5.91 Å². The Morgan fingerprint density at radius 1 is 1.32 bits per heavy atom. The van der Waals surface area contributed by atoms with Crippen LogP contribution in [0, 0.1) is 12.8 Å². The fourth-order valence-electron chi connectivity index (χ4n) is 2.08. The summed E-state index contributed by atoms with van der Waals surface area (Å²) in [5.41, 5.74) is 0.849. The van der Waals surface area contributed by atoms with E-state index in [2.05, 4.69) is 29.1 Å². The first-order valence-corrected chi connectivity index (χ1v) is 7.90. The molecule has 0 bridgehead atoms. The molecular weight excluding hydrogens is 302 g/mol. The highest BCUT2D eigenvalue weighted by atomic mass is 32.1. The van der Waals surface area contributed by atoms with Gasteiger partial charge in [-0.25, -0.2) is 4.98 Å². The van der Waals surface area contributed by atoms with E-state index in [4.69, 9.17) is 9.47 Å². The number of nitrogens with one attached hydrogen (secondary N) is 1. The number of carbonyl (C=O) groups excluding carboxylic acids is 1. The number of fused-ring (bicyclic) bond motifs is 1. The van der Waals surface area contributed by atoms with Crippen molar-refractivity contribution in [2.75, 3.05) is 20.8 Å². The Morgan fingerprint density at radius 2 is 2.05 bits per heavy atom. The van der Waals surface area contributed by atoms with Crippen molar-refractivity contribution in [2.45, 2.75) is 27.4 Å². The number of hydrogen-bond acceptors (Lipinski definition) is 6. The first-order chi connectivity index (χ1) is 10.5. The third-order valence-corrected chi connectivity index (χ3v) is 4.33. The molecule has 2 aromatic heterocycles. The fraction of sp³-hybridized carbons (Fsp3) is 0.533. The van der Waals surface area contributed by atoms with Crippen molar-refractivity contribution in [3.05, 3.63) is 16.3 Å². The molecule has 0 fully saturated rings. The molecule has 6 nitrogen and oxygen atoms in total. The highest BCUT2D eigenvalue weighted by Gasteiger charge is 2.21. The second-order valence-corrected chi connectivity index (χ2v) is 6.42. The molecular formula is C15H21N3O3S. The molecule has 2 aromatic rings. The van der Waals surface area contributed by atoms with Gasteiger partial charge in [-0.1, -0.05) is 13.8 Å². The minimum absolute atomic E-state index is 0.0791. The summed E-state index contributed by atoms with van der Waals surface area (Å²) in [4.78, 5) is 22.5. The zero-order valence-corrected chi connectivity index (χ0v) is 14.3. The summed E-state index contributed by atoms with van der Waals surface area (Å²) < 4.78 is 10.4. The summed E-state index contributed by atoms with van der Waals surface area (Å²) in [5.74, 6) is 1.35. The van der Waals surface area contributed by atoms with Crippen molar-refractivity contribution in [3.8, 4) is 5.88 Å². The van der Waals surface area contributed by atoms with Gasteiger partial charge in [0.25, 0.3) is 5.91 Å². The number of aromatic nitrogens is 2. The lowest BCUT2D eigenvalue weighted by molar-refractivity contribution is 0.0952. The molecule has 2 rings (SSSR count). The predicted octanol–water partition coefficient (Wildman–Crippen LogP) is 2.54. The highest BCUT2D eigenvalue weighted by Crippen LogP contribution is 2.34. The van der Waals surface area contributed by atoms with Crippen LogP contribution in [0.4, 0.5) is 0 Å². The smallest absolute Gasteiger partial charge is 0.261 e. The molecule has 0 spiro atoms. The van der Waals surface area contributed by atoms with Gasteiger partial charge in [0.2, 0.25) is 5.88 Å². The van der Waals surface area contributed by atoms with Gasteiger partial charge in [-0.15, -0.1) is 11.3 Å². The molecule has 1 amide bonds. The Labute approximate surface area is 133 Å². The van der Waals surface area contributed by atoms with Crippen LogP contribution in [0.5, 0.6) is 5.88 Å². The van der Waals surface area contributed by atoms with E-state index in [1.54, 1.807) is 14.2 Å². The second-order valence-electron chi connectivity index (χ2n) is 5.42. The van der Waals surface area contributed by atoms with Crippen molar-refractivity contribution in [1.29, 1.82) is 0 Å². The molecule has 120 valence electrons. The maximum absolute atomic E-state index is 12.3. The van der Waals surface area contributed by atoms with Gasteiger partial charge < -0.3 is 14.8 Å². The van der Waals surface area contributed by atoms with Gasteiger partial charge in [-0.3, -0.25) is 4.79 Å². The molecule has 7 heteroatoms. The van der Waals surface area contributed by atoms with E-state index >= 15 is 0 Å². The lowest BCUT2D eigenvalue weighted by Crippen LogP contribution is -2.27. The second kappa shape index (κ2) is 7.02. The van der Waals surface area contributed by atoms with Crippen LogP contribution >= 0.6 is 11.3 Å². The number of thiophene rings is 1. The van der Waals surface area contributed by atoms with Gasteiger partial charge in [-0.2, -0.15) is 4.98 Å². The molecule has 0 atom stereocenters. The Balaban J connectivity index is 2.45. The third-order valence-electron chi connectivity index (χ3n) is 3.15. The summed E-state index contributed by atoms with van der Waals surface area (Å²) in [5, 5.41) is 3.73. The Hall–Kier alpha value is -1.73. The number of aryl methyl sites for hydroxylation is 1. The van der Waals surface area contributed by atoms with Crippen LogP contribution in [0.3, 0.4) is 0 Å². The molecule has 22 heavy (non-hydrogen) atoms. The Kier molecular flexibility index (Phi) is 5.31. The summed E-state index contributed by atoms with van der Waals surface area (Å²) in [7, 11) is 3.15. The number of ether oxygens (including phenoxy) is 2. The molecule has 2 heterocycles. The lowest BCUT2D eigenvalue weighted by atomic mass is 10.2. The topological polar surface area (TPSA) is 73.3 Å². The van der Waals surface area contributed by atoms with Crippen molar-refractivity contribution in [1.82, 2.24) is 15.3 Å². The minimum Gasteiger partial charge on any atom is -0.480 e. The number of nitrogens with zero attached hydrogens (tertiary/aromatic N) is 2. The van der Waals surface area contributed by atoms with E-state index < -0.39 is 0 Å². The van der Waals surface area contributed by atoms with Crippen LogP contribution < -0.4 is 10.1 Å². The number of rotatable bonds is 6. The number of amides is 1. The normalized spacial score (nSPS) is 11.2. The molecule has 0 aromatic carbocycles. The molecule has 0 saturated carbocycles. The number of carbonyl (C=O) groups is 1. The highest BCUT2D eigenvalue weighted by molar-refractivity contribution is 7.20. The number of methoxy groups -OCH3 is 2. The van der Waals surface area contributed by atoms with E-state index in [9.17, 15) is 4.79 Å². The Bertz CT molecular complexity index is 682. The van der Waals surface area contributed by atoms with E-state index in [1.807, 2.05) is 6.92 Å². The third kappa shape index (κ3) is 3.36. The largest absolute Gasteiger partial charge is 0.480 e. The van der Waals surface area contributed by atoms with Crippen molar-refractivity contribution < 1.29 is 14.3 Å². The van der Waals surface area contributed by atoms with Crippen LogP contribution in [0.1, 0.15) is 34.9 Å². The fourth-order valence-corrected chi connectivity index (χ4v) is 3.19. The molecule has 0 aliphatic carbocycles. The molecule has 1 N–H and O–H groups in total. The van der Waals surface area contributed by atoms with Crippen molar-refractivity contribution in [2.24, 2.45) is 5.92 Å². The van der Waals surface area contributed by atoms with Gasteiger partial charge in [0, 0.05) is 13.7 Å². The predicted molar refractivity (Wildman–Crippen MR) is 86.6 cm³/mol. The molecule has 0 radical (unpaired) electrons. The summed E-state index contributed by atoms with van der Waals surface area (Å²) >= 11 is 1.35. The van der Waals surface area contributed by atoms with Crippen molar-refractivity contribution in [3.63, 3.8) is 0 Å². The standard InChI is InChI=1S/C15H21N3O3S/c1-8(2)6-16-13(19)12-9(3)11-14(21-5)17-10(7-20-4)18-15(11)22-12/h8H,6-7H2,1-5H3,(H,16,19). The first-order valence-electron chi connectivity index (χ1n) is 7.09. The van der Waals surface area contributed by atoms with E-state index in [1.165, 1.54) is 11.3 Å². The lowest BCUT2D eigenvalue weighted by Gasteiger charge is -2.07. The van der Waals surface area contributed by atoms with Crippen molar-refractivity contribution >= 4 is 27.5 Å². The van der Waals surface area contributed by atoms with Gasteiger partial charge in [-0.05, 0) is 18.4 Å². The van der Waals surface area contributed by atoms with E-state index in [0.29, 0.717) is 35.7 Å². The van der Waals surface area contributed by atoms with Crippen LogP contribution in [0.2, 0.25) is 0 Å². The summed E-state index contributed by atoms with van der Waals surface area (Å²) in [6.45, 7) is 6.96. The maximum Gasteiger partial charge on any atom is 0.261 e. The van der Waals surface area contributed by atoms with E-state index in [0.717, 1.165) is 15.8 Å². The first kappa shape index (κ1) is 16.6. The zero-order chi connectivity index (χ0) is 16.3. The number of hydrogen-bond donors (Lipinski definition) is 1. The van der Waals surface area contributed by atoms with Gasteiger partial charge >= 0.3 is 0 Å². The SMILES string of the molecule is COCc1nc(OC)c2c(C)c(C(=O)NCC(C)C)sc2n1. The van der Waals surface area contributed by atoms with Crippen LogP contribution in [-0.2, 0) is 11.3 Å². The average Bonchev–Trinajstić information content (AvgIpc) is 2.81. The average molecular weight is 323 g/mol. The Morgan fingerprint density at radius 3 is 2.64 bits per heavy atom. The summed E-state index contributed by atoms with van der Waals surface area (Å²) in [6.07, 6.45) is 0. The van der Waals surface area contributed by atoms with Gasteiger partial charge in [0.15, 0.2) is 5.82 Å². The minimum atomic E-state index is -0.0791. The quantitative estimate of drug-likeness (QED) is 0.884. The van der Waals surface area contributed by atoms with Crippen LogP contribution in [0.25, 0.3) is 10.2 Å². The van der Waals surface area contributed by atoms with Crippen LogP contribution in [-0.4, -0.2) is 36.6 Å². The summed E-state index contributed by atoms with van der Waals surface area (Å²) in [6, 6.07) is 0. The molecule has 0 unspecified atom stereocenters.